The van der Waals surface area contributed by atoms with Gasteiger partial charge in [-0.1, -0.05) is 50.6 Å². The Balaban J connectivity index is 3.08. The van der Waals surface area contributed by atoms with Gasteiger partial charge in [-0.05, 0) is 29.9 Å². The maximum absolute atomic E-state index is 6.23. The minimum absolute atomic E-state index is 0.0629. The molecule has 0 heterocycles. The van der Waals surface area contributed by atoms with Gasteiger partial charge in [0.25, 0.3) is 0 Å². The second kappa shape index (κ2) is 4.84. The highest BCUT2D eigenvalue weighted by molar-refractivity contribution is 5.35. The molecule has 0 fully saturated rings. The quantitative estimate of drug-likeness (QED) is 0.762. The molecular weight excluding hydrogens is 194 g/mol. The number of rotatable bonds is 3. The molecule has 16 heavy (non-hydrogen) atoms. The van der Waals surface area contributed by atoms with Crippen LogP contribution in [0.1, 0.15) is 51.3 Å². The van der Waals surface area contributed by atoms with E-state index in [-0.39, 0.29) is 11.5 Å². The molecule has 1 rings (SSSR count). The number of benzene rings is 1. The summed E-state index contributed by atoms with van der Waals surface area (Å²) in [5.74, 6) is 0. The van der Waals surface area contributed by atoms with Crippen LogP contribution in [0.2, 0.25) is 0 Å². The van der Waals surface area contributed by atoms with Crippen molar-refractivity contribution in [2.24, 2.45) is 5.73 Å². The molecule has 0 aromatic heterocycles. The number of hydrogen-bond acceptors (Lipinski definition) is 1. The van der Waals surface area contributed by atoms with E-state index in [4.69, 9.17) is 5.73 Å². The fourth-order valence-electron chi connectivity index (χ4n) is 1.99. The van der Waals surface area contributed by atoms with Crippen molar-refractivity contribution in [1.29, 1.82) is 0 Å². The van der Waals surface area contributed by atoms with Crippen molar-refractivity contribution in [2.45, 2.75) is 45.6 Å². The van der Waals surface area contributed by atoms with Gasteiger partial charge in [0, 0.05) is 6.04 Å². The first-order valence-corrected chi connectivity index (χ1v) is 5.81. The van der Waals surface area contributed by atoms with Gasteiger partial charge in [0.05, 0.1) is 0 Å². The van der Waals surface area contributed by atoms with Gasteiger partial charge in [0.1, 0.15) is 0 Å². The van der Waals surface area contributed by atoms with E-state index in [1.54, 1.807) is 0 Å². The fourth-order valence-corrected chi connectivity index (χ4v) is 1.99. The Morgan fingerprint density at radius 1 is 1.31 bits per heavy atom. The van der Waals surface area contributed by atoms with Crippen LogP contribution in [0.4, 0.5) is 0 Å². The molecule has 0 spiro atoms. The Labute approximate surface area is 99.4 Å². The third-order valence-electron chi connectivity index (χ3n) is 2.74. The van der Waals surface area contributed by atoms with Gasteiger partial charge >= 0.3 is 0 Å². The molecule has 1 aromatic carbocycles. The molecule has 0 radical (unpaired) electrons. The van der Waals surface area contributed by atoms with Gasteiger partial charge in [0.2, 0.25) is 0 Å². The molecule has 1 unspecified atom stereocenters. The second-order valence-corrected chi connectivity index (χ2v) is 5.60. The zero-order chi connectivity index (χ0) is 12.3. The van der Waals surface area contributed by atoms with Crippen LogP contribution in [-0.2, 0) is 5.41 Å². The molecule has 1 heteroatoms. The molecule has 88 valence electrons. The standard InChI is InChI=1S/C15H23N/c1-11(2)10-14(16)12-8-6-7-9-13(12)15(3,4)5/h6-9,14H,1,10,16H2,2-5H3. The van der Waals surface area contributed by atoms with Crippen molar-refractivity contribution in [3.8, 4) is 0 Å². The maximum atomic E-state index is 6.23. The first-order valence-electron chi connectivity index (χ1n) is 5.81. The summed E-state index contributed by atoms with van der Waals surface area (Å²) in [5, 5.41) is 0. The summed E-state index contributed by atoms with van der Waals surface area (Å²) in [6.07, 6.45) is 0.854. The zero-order valence-electron chi connectivity index (χ0n) is 10.9. The van der Waals surface area contributed by atoms with Crippen molar-refractivity contribution in [1.82, 2.24) is 0 Å². The molecule has 1 aromatic rings. The van der Waals surface area contributed by atoms with E-state index in [1.807, 2.05) is 6.92 Å². The third-order valence-corrected chi connectivity index (χ3v) is 2.74. The Hall–Kier alpha value is -1.08. The van der Waals surface area contributed by atoms with Crippen molar-refractivity contribution < 1.29 is 0 Å². The Kier molecular flexibility index (Phi) is 3.93. The number of hydrogen-bond donors (Lipinski definition) is 1. The van der Waals surface area contributed by atoms with Crippen molar-refractivity contribution in [2.75, 3.05) is 0 Å². The molecule has 0 bridgehead atoms. The van der Waals surface area contributed by atoms with Gasteiger partial charge in [-0.25, -0.2) is 0 Å². The summed E-state index contributed by atoms with van der Waals surface area (Å²) in [6, 6.07) is 8.51. The minimum Gasteiger partial charge on any atom is -0.324 e. The molecule has 0 saturated carbocycles. The lowest BCUT2D eigenvalue weighted by Crippen LogP contribution is -2.20. The minimum atomic E-state index is 0.0629. The average molecular weight is 217 g/mol. The Morgan fingerprint density at radius 3 is 2.38 bits per heavy atom. The molecule has 0 aliphatic heterocycles. The van der Waals surface area contributed by atoms with Crippen LogP contribution < -0.4 is 5.73 Å². The molecule has 0 saturated heterocycles. The van der Waals surface area contributed by atoms with Crippen molar-refractivity contribution >= 4 is 0 Å². The van der Waals surface area contributed by atoms with Crippen LogP contribution in [0.5, 0.6) is 0 Å². The van der Waals surface area contributed by atoms with E-state index in [1.165, 1.54) is 11.1 Å². The first-order chi connectivity index (χ1) is 7.32. The summed E-state index contributed by atoms with van der Waals surface area (Å²) in [5.41, 5.74) is 10.1. The summed E-state index contributed by atoms with van der Waals surface area (Å²) < 4.78 is 0. The molecule has 1 nitrogen and oxygen atoms in total. The van der Waals surface area contributed by atoms with E-state index in [2.05, 4.69) is 51.6 Å². The molecule has 2 N–H and O–H groups in total. The number of nitrogens with two attached hydrogens (primary N) is 1. The van der Waals surface area contributed by atoms with E-state index in [0.29, 0.717) is 0 Å². The summed E-state index contributed by atoms with van der Waals surface area (Å²) >= 11 is 0. The third kappa shape index (κ3) is 3.21. The highest BCUT2D eigenvalue weighted by Crippen LogP contribution is 2.30. The van der Waals surface area contributed by atoms with Gasteiger partial charge in [-0.3, -0.25) is 0 Å². The maximum Gasteiger partial charge on any atom is 0.0335 e. The van der Waals surface area contributed by atoms with Crippen LogP contribution in [0.25, 0.3) is 0 Å². The van der Waals surface area contributed by atoms with Crippen LogP contribution >= 0.6 is 0 Å². The first kappa shape index (κ1) is 13.0. The van der Waals surface area contributed by atoms with Crippen LogP contribution in [0.3, 0.4) is 0 Å². The van der Waals surface area contributed by atoms with Crippen LogP contribution in [-0.4, -0.2) is 0 Å². The van der Waals surface area contributed by atoms with Crippen molar-refractivity contribution in [3.05, 3.63) is 47.5 Å². The lowest BCUT2D eigenvalue weighted by Gasteiger charge is -2.25. The van der Waals surface area contributed by atoms with Crippen LogP contribution in [0, 0.1) is 0 Å². The molecule has 0 amide bonds. The predicted molar refractivity (Wildman–Crippen MR) is 71.5 cm³/mol. The van der Waals surface area contributed by atoms with E-state index in [9.17, 15) is 0 Å². The predicted octanol–water partition coefficient (Wildman–Crippen LogP) is 3.95. The molecule has 0 aliphatic carbocycles. The van der Waals surface area contributed by atoms with Gasteiger partial charge in [-0.2, -0.15) is 0 Å². The molecule has 0 aliphatic rings. The summed E-state index contributed by atoms with van der Waals surface area (Å²) in [6.45, 7) is 12.6. The Bertz CT molecular complexity index is 371. The van der Waals surface area contributed by atoms with Gasteiger partial charge < -0.3 is 5.73 Å². The lowest BCUT2D eigenvalue weighted by atomic mass is 9.81. The lowest BCUT2D eigenvalue weighted by molar-refractivity contribution is 0.568. The SMILES string of the molecule is C=C(C)CC(N)c1ccccc1C(C)(C)C. The summed E-state index contributed by atoms with van der Waals surface area (Å²) in [7, 11) is 0. The zero-order valence-corrected chi connectivity index (χ0v) is 10.9. The van der Waals surface area contributed by atoms with E-state index < -0.39 is 0 Å². The van der Waals surface area contributed by atoms with Crippen LogP contribution in [0.15, 0.2) is 36.4 Å². The van der Waals surface area contributed by atoms with Gasteiger partial charge in [-0.15, -0.1) is 6.58 Å². The highest BCUT2D eigenvalue weighted by Gasteiger charge is 2.20. The normalized spacial score (nSPS) is 13.6. The summed E-state index contributed by atoms with van der Waals surface area (Å²) in [4.78, 5) is 0. The van der Waals surface area contributed by atoms with E-state index in [0.717, 1.165) is 12.0 Å². The second-order valence-electron chi connectivity index (χ2n) is 5.60. The molecular formula is C15H23N. The monoisotopic (exact) mass is 217 g/mol. The highest BCUT2D eigenvalue weighted by atomic mass is 14.6. The topological polar surface area (TPSA) is 26.0 Å². The Morgan fingerprint density at radius 2 is 1.88 bits per heavy atom. The van der Waals surface area contributed by atoms with E-state index >= 15 is 0 Å². The average Bonchev–Trinajstić information content (AvgIpc) is 2.15. The smallest absolute Gasteiger partial charge is 0.0335 e. The van der Waals surface area contributed by atoms with Crippen molar-refractivity contribution in [3.63, 3.8) is 0 Å². The fraction of sp³-hybridized carbons (Fsp3) is 0.467. The van der Waals surface area contributed by atoms with Gasteiger partial charge in [0.15, 0.2) is 0 Å². The molecule has 1 atom stereocenters. The largest absolute Gasteiger partial charge is 0.324 e.